The predicted molar refractivity (Wildman–Crippen MR) is 87.2 cm³/mol. The maximum absolute atomic E-state index is 13.5. The molecule has 0 spiro atoms. The average Bonchev–Trinajstić information content (AvgIpc) is 2.54. The standard InChI is InChI=1S/C16H20FN5O/c1-22(2)9-5-8-18-16(23)14-10-20-15(11-19-14)21-13-7-4-3-6-12(13)17/h3-4,6-7,10-11H,5,8-9H2,1-2H3,(H,18,23)(H,20,21). The summed E-state index contributed by atoms with van der Waals surface area (Å²) < 4.78 is 13.5. The fourth-order valence-electron chi connectivity index (χ4n) is 1.90. The van der Waals surface area contributed by atoms with Crippen LogP contribution in [-0.2, 0) is 0 Å². The SMILES string of the molecule is CN(C)CCCNC(=O)c1cnc(Nc2ccccc2F)cn1. The largest absolute Gasteiger partial charge is 0.351 e. The van der Waals surface area contributed by atoms with Gasteiger partial charge in [-0.1, -0.05) is 12.1 Å². The van der Waals surface area contributed by atoms with Crippen LogP contribution in [0.4, 0.5) is 15.9 Å². The number of aromatic nitrogens is 2. The molecule has 1 aromatic carbocycles. The highest BCUT2D eigenvalue weighted by Gasteiger charge is 2.08. The first-order valence-corrected chi connectivity index (χ1v) is 7.33. The quantitative estimate of drug-likeness (QED) is 0.765. The second kappa shape index (κ2) is 8.19. The van der Waals surface area contributed by atoms with Crippen LogP contribution in [0, 0.1) is 5.82 Å². The molecule has 6 nitrogen and oxygen atoms in total. The summed E-state index contributed by atoms with van der Waals surface area (Å²) in [4.78, 5) is 22.1. The van der Waals surface area contributed by atoms with Crippen molar-refractivity contribution in [2.24, 2.45) is 0 Å². The zero-order valence-corrected chi connectivity index (χ0v) is 13.2. The lowest BCUT2D eigenvalue weighted by atomic mass is 10.3. The van der Waals surface area contributed by atoms with Crippen molar-refractivity contribution in [3.8, 4) is 0 Å². The Morgan fingerprint density at radius 1 is 1.22 bits per heavy atom. The van der Waals surface area contributed by atoms with Crippen molar-refractivity contribution in [1.29, 1.82) is 0 Å². The number of rotatable bonds is 7. The Morgan fingerprint density at radius 3 is 2.65 bits per heavy atom. The van der Waals surface area contributed by atoms with Gasteiger partial charge in [0.1, 0.15) is 17.3 Å². The van der Waals surface area contributed by atoms with Crippen LogP contribution in [-0.4, -0.2) is 48.0 Å². The van der Waals surface area contributed by atoms with Gasteiger partial charge in [-0.15, -0.1) is 0 Å². The van der Waals surface area contributed by atoms with Gasteiger partial charge in [0.2, 0.25) is 0 Å². The molecule has 1 aromatic heterocycles. The Kier molecular flexibility index (Phi) is 5.99. The molecule has 0 atom stereocenters. The molecule has 2 aromatic rings. The van der Waals surface area contributed by atoms with Crippen LogP contribution in [0.3, 0.4) is 0 Å². The summed E-state index contributed by atoms with van der Waals surface area (Å²) in [7, 11) is 3.96. The molecule has 0 bridgehead atoms. The van der Waals surface area contributed by atoms with Crippen molar-refractivity contribution < 1.29 is 9.18 Å². The number of hydrogen-bond donors (Lipinski definition) is 2. The summed E-state index contributed by atoms with van der Waals surface area (Å²) >= 11 is 0. The first-order chi connectivity index (χ1) is 11.1. The van der Waals surface area contributed by atoms with E-state index >= 15 is 0 Å². The molecular weight excluding hydrogens is 297 g/mol. The molecule has 0 aliphatic heterocycles. The molecule has 0 radical (unpaired) electrons. The molecule has 2 rings (SSSR count). The molecular formula is C16H20FN5O. The van der Waals surface area contributed by atoms with Crippen LogP contribution in [0.5, 0.6) is 0 Å². The number of carbonyl (C=O) groups is 1. The Labute approximate surface area is 134 Å². The number of benzene rings is 1. The second-order valence-electron chi connectivity index (χ2n) is 5.30. The Balaban J connectivity index is 1.89. The molecule has 0 saturated carbocycles. The summed E-state index contributed by atoms with van der Waals surface area (Å²) in [5.41, 5.74) is 0.539. The third kappa shape index (κ3) is 5.30. The van der Waals surface area contributed by atoms with Gasteiger partial charge >= 0.3 is 0 Å². The highest BCUT2D eigenvalue weighted by atomic mass is 19.1. The zero-order chi connectivity index (χ0) is 16.7. The van der Waals surface area contributed by atoms with Crippen molar-refractivity contribution >= 4 is 17.4 Å². The summed E-state index contributed by atoms with van der Waals surface area (Å²) in [6.45, 7) is 1.48. The average molecular weight is 317 g/mol. The van der Waals surface area contributed by atoms with E-state index in [-0.39, 0.29) is 17.4 Å². The van der Waals surface area contributed by atoms with Crippen molar-refractivity contribution in [3.63, 3.8) is 0 Å². The minimum absolute atomic E-state index is 0.230. The summed E-state index contributed by atoms with van der Waals surface area (Å²) in [6.07, 6.45) is 3.63. The van der Waals surface area contributed by atoms with Crippen molar-refractivity contribution in [1.82, 2.24) is 20.2 Å². The van der Waals surface area contributed by atoms with Crippen LogP contribution >= 0.6 is 0 Å². The van der Waals surface area contributed by atoms with Crippen molar-refractivity contribution in [3.05, 3.63) is 48.2 Å². The second-order valence-corrected chi connectivity index (χ2v) is 5.30. The molecule has 1 amide bonds. The summed E-state index contributed by atoms with van der Waals surface area (Å²) in [5.74, 6) is -0.273. The van der Waals surface area contributed by atoms with Crippen LogP contribution in [0.15, 0.2) is 36.7 Å². The third-order valence-electron chi connectivity index (χ3n) is 3.09. The number of hydrogen-bond acceptors (Lipinski definition) is 5. The third-order valence-corrected chi connectivity index (χ3v) is 3.09. The van der Waals surface area contributed by atoms with E-state index in [1.54, 1.807) is 18.2 Å². The molecule has 2 N–H and O–H groups in total. The minimum atomic E-state index is -0.378. The molecule has 23 heavy (non-hydrogen) atoms. The van der Waals surface area contributed by atoms with E-state index in [2.05, 4.69) is 25.5 Å². The van der Waals surface area contributed by atoms with E-state index in [4.69, 9.17) is 0 Å². The van der Waals surface area contributed by atoms with Crippen molar-refractivity contribution in [2.45, 2.75) is 6.42 Å². The number of halogens is 1. The fourth-order valence-corrected chi connectivity index (χ4v) is 1.90. The summed E-state index contributed by atoms with van der Waals surface area (Å²) in [5, 5.41) is 5.60. The predicted octanol–water partition coefficient (Wildman–Crippen LogP) is 2.04. The maximum Gasteiger partial charge on any atom is 0.271 e. The Morgan fingerprint density at radius 2 is 2.00 bits per heavy atom. The molecule has 0 unspecified atom stereocenters. The molecule has 0 aliphatic carbocycles. The fraction of sp³-hybridized carbons (Fsp3) is 0.312. The number of nitrogens with one attached hydrogen (secondary N) is 2. The van der Waals surface area contributed by atoms with E-state index < -0.39 is 0 Å². The number of anilines is 2. The van der Waals surface area contributed by atoms with E-state index in [9.17, 15) is 9.18 Å². The normalized spacial score (nSPS) is 10.6. The number of nitrogens with zero attached hydrogens (tertiary/aromatic N) is 3. The van der Waals surface area contributed by atoms with Gasteiger partial charge in [0.15, 0.2) is 0 Å². The van der Waals surface area contributed by atoms with Gasteiger partial charge in [-0.05, 0) is 39.2 Å². The van der Waals surface area contributed by atoms with Crippen LogP contribution < -0.4 is 10.6 Å². The molecule has 0 fully saturated rings. The maximum atomic E-state index is 13.5. The van der Waals surface area contributed by atoms with Crippen molar-refractivity contribution in [2.75, 3.05) is 32.5 Å². The number of para-hydroxylation sites is 1. The molecule has 0 aliphatic rings. The smallest absolute Gasteiger partial charge is 0.271 e. The zero-order valence-electron chi connectivity index (χ0n) is 13.2. The van der Waals surface area contributed by atoms with Gasteiger partial charge in [0.05, 0.1) is 18.1 Å². The number of carbonyl (C=O) groups excluding carboxylic acids is 1. The Bertz CT molecular complexity index is 645. The van der Waals surface area contributed by atoms with Gasteiger partial charge in [-0.2, -0.15) is 0 Å². The first-order valence-electron chi connectivity index (χ1n) is 7.33. The van der Waals surface area contributed by atoms with E-state index in [1.807, 2.05) is 14.1 Å². The highest BCUT2D eigenvalue weighted by molar-refractivity contribution is 5.92. The molecule has 1 heterocycles. The van der Waals surface area contributed by atoms with Gasteiger partial charge in [-0.3, -0.25) is 4.79 Å². The van der Waals surface area contributed by atoms with E-state index in [1.165, 1.54) is 18.5 Å². The van der Waals surface area contributed by atoms with E-state index in [0.717, 1.165) is 13.0 Å². The van der Waals surface area contributed by atoms with Gasteiger partial charge in [0, 0.05) is 6.54 Å². The molecule has 0 saturated heterocycles. The van der Waals surface area contributed by atoms with Crippen LogP contribution in [0.2, 0.25) is 0 Å². The lowest BCUT2D eigenvalue weighted by molar-refractivity contribution is 0.0947. The topological polar surface area (TPSA) is 70.2 Å². The molecule has 7 heteroatoms. The van der Waals surface area contributed by atoms with Gasteiger partial charge < -0.3 is 15.5 Å². The first kappa shape index (κ1) is 16.8. The summed E-state index contributed by atoms with van der Waals surface area (Å²) in [6, 6.07) is 6.28. The van der Waals surface area contributed by atoms with Crippen LogP contribution in [0.1, 0.15) is 16.9 Å². The Hall–Kier alpha value is -2.54. The monoisotopic (exact) mass is 317 g/mol. The number of amides is 1. The van der Waals surface area contributed by atoms with E-state index in [0.29, 0.717) is 18.1 Å². The van der Waals surface area contributed by atoms with Gasteiger partial charge in [0.25, 0.3) is 5.91 Å². The lowest BCUT2D eigenvalue weighted by Gasteiger charge is -2.10. The van der Waals surface area contributed by atoms with Crippen LogP contribution in [0.25, 0.3) is 0 Å². The molecule has 122 valence electrons. The highest BCUT2D eigenvalue weighted by Crippen LogP contribution is 2.17. The minimum Gasteiger partial charge on any atom is -0.351 e. The van der Waals surface area contributed by atoms with Gasteiger partial charge in [-0.25, -0.2) is 14.4 Å². The lowest BCUT2D eigenvalue weighted by Crippen LogP contribution is -2.27.